The summed E-state index contributed by atoms with van der Waals surface area (Å²) >= 11 is 0. The molecule has 114 valence electrons. The van der Waals surface area contributed by atoms with Gasteiger partial charge in [-0.15, -0.1) is 0 Å². The molecule has 2 atom stereocenters. The Morgan fingerprint density at radius 1 is 1.00 bits per heavy atom. The standard InChI is InChI=1S/C18H27N3/c19-18-16-4-2-1-3-15(16)7-8-17(18)21-11-9-20(10-12-21)13-14-5-6-14/h1-4,14,17-18H,5-13,19H2. The lowest BCUT2D eigenvalue weighted by molar-refractivity contribution is 0.0752. The minimum absolute atomic E-state index is 0.199. The second kappa shape index (κ2) is 5.71. The van der Waals surface area contributed by atoms with Gasteiger partial charge in [-0.3, -0.25) is 4.90 Å². The lowest BCUT2D eigenvalue weighted by atomic mass is 9.83. The zero-order valence-electron chi connectivity index (χ0n) is 12.9. The molecule has 2 fully saturated rings. The van der Waals surface area contributed by atoms with Crippen LogP contribution in [0.25, 0.3) is 0 Å². The monoisotopic (exact) mass is 285 g/mol. The van der Waals surface area contributed by atoms with Crippen LogP contribution in [0.1, 0.15) is 36.4 Å². The largest absolute Gasteiger partial charge is 0.323 e. The van der Waals surface area contributed by atoms with Gasteiger partial charge in [0.05, 0.1) is 0 Å². The predicted octanol–water partition coefficient (Wildman–Crippen LogP) is 2.03. The molecule has 1 aromatic rings. The van der Waals surface area contributed by atoms with Gasteiger partial charge >= 0.3 is 0 Å². The molecule has 1 aromatic carbocycles. The first kappa shape index (κ1) is 13.7. The molecule has 0 bridgehead atoms. The van der Waals surface area contributed by atoms with E-state index in [1.54, 1.807) is 0 Å². The molecule has 21 heavy (non-hydrogen) atoms. The van der Waals surface area contributed by atoms with E-state index >= 15 is 0 Å². The van der Waals surface area contributed by atoms with Crippen molar-refractivity contribution in [1.29, 1.82) is 0 Å². The van der Waals surface area contributed by atoms with Crippen LogP contribution in [0.2, 0.25) is 0 Å². The number of hydrogen-bond donors (Lipinski definition) is 1. The first-order valence-corrected chi connectivity index (χ1v) is 8.61. The van der Waals surface area contributed by atoms with E-state index in [1.165, 1.54) is 69.5 Å². The SMILES string of the molecule is NC1c2ccccc2CCC1N1CCN(CC2CC2)CC1. The van der Waals surface area contributed by atoms with Crippen molar-refractivity contribution in [3.05, 3.63) is 35.4 Å². The number of rotatable bonds is 3. The summed E-state index contributed by atoms with van der Waals surface area (Å²) in [7, 11) is 0. The number of piperazine rings is 1. The Morgan fingerprint density at radius 3 is 2.52 bits per heavy atom. The average Bonchev–Trinajstić information content (AvgIpc) is 3.33. The molecular formula is C18H27N3. The van der Waals surface area contributed by atoms with Gasteiger partial charge in [-0.05, 0) is 42.7 Å². The van der Waals surface area contributed by atoms with Gasteiger partial charge in [0.15, 0.2) is 0 Å². The zero-order valence-corrected chi connectivity index (χ0v) is 12.9. The predicted molar refractivity (Wildman–Crippen MR) is 86.2 cm³/mol. The second-order valence-corrected chi connectivity index (χ2v) is 7.11. The summed E-state index contributed by atoms with van der Waals surface area (Å²) < 4.78 is 0. The molecule has 3 nitrogen and oxygen atoms in total. The lowest BCUT2D eigenvalue weighted by Gasteiger charge is -2.43. The zero-order chi connectivity index (χ0) is 14.2. The van der Waals surface area contributed by atoms with Crippen LogP contribution in [0.3, 0.4) is 0 Å². The van der Waals surface area contributed by atoms with Gasteiger partial charge in [-0.25, -0.2) is 0 Å². The molecule has 2 N–H and O–H groups in total. The second-order valence-electron chi connectivity index (χ2n) is 7.11. The molecule has 0 radical (unpaired) electrons. The molecule has 1 aliphatic heterocycles. The Balaban J connectivity index is 1.39. The van der Waals surface area contributed by atoms with Crippen molar-refractivity contribution in [2.24, 2.45) is 11.7 Å². The van der Waals surface area contributed by atoms with Crippen molar-refractivity contribution in [1.82, 2.24) is 9.80 Å². The Morgan fingerprint density at radius 2 is 1.76 bits per heavy atom. The van der Waals surface area contributed by atoms with Crippen molar-refractivity contribution < 1.29 is 0 Å². The van der Waals surface area contributed by atoms with E-state index in [0.717, 1.165) is 5.92 Å². The van der Waals surface area contributed by atoms with Gasteiger partial charge in [0.1, 0.15) is 0 Å². The third-order valence-corrected chi connectivity index (χ3v) is 5.63. The van der Waals surface area contributed by atoms with Gasteiger partial charge in [0.2, 0.25) is 0 Å². The number of hydrogen-bond acceptors (Lipinski definition) is 3. The van der Waals surface area contributed by atoms with Crippen molar-refractivity contribution in [2.45, 2.75) is 37.8 Å². The van der Waals surface area contributed by atoms with Crippen molar-refractivity contribution in [3.63, 3.8) is 0 Å². The Hall–Kier alpha value is -0.900. The minimum atomic E-state index is 0.199. The van der Waals surface area contributed by atoms with E-state index in [2.05, 4.69) is 34.1 Å². The Bertz CT molecular complexity index is 489. The average molecular weight is 285 g/mol. The maximum Gasteiger partial charge on any atom is 0.0455 e. The fraction of sp³-hybridized carbons (Fsp3) is 0.667. The summed E-state index contributed by atoms with van der Waals surface area (Å²) in [5, 5.41) is 0. The molecule has 2 aliphatic carbocycles. The number of nitrogens with two attached hydrogens (primary N) is 1. The Kier molecular flexibility index (Phi) is 3.74. The topological polar surface area (TPSA) is 32.5 Å². The summed E-state index contributed by atoms with van der Waals surface area (Å²) in [6, 6.07) is 9.50. The number of aryl methyl sites for hydroxylation is 1. The van der Waals surface area contributed by atoms with E-state index in [0.29, 0.717) is 6.04 Å². The van der Waals surface area contributed by atoms with Gasteiger partial charge in [0, 0.05) is 44.8 Å². The van der Waals surface area contributed by atoms with Crippen LogP contribution in [0.4, 0.5) is 0 Å². The van der Waals surface area contributed by atoms with Gasteiger partial charge in [-0.2, -0.15) is 0 Å². The molecule has 0 spiro atoms. The minimum Gasteiger partial charge on any atom is -0.323 e. The highest BCUT2D eigenvalue weighted by Crippen LogP contribution is 2.33. The quantitative estimate of drug-likeness (QED) is 0.922. The van der Waals surface area contributed by atoms with E-state index in [1.807, 2.05) is 0 Å². The molecule has 1 saturated heterocycles. The highest BCUT2D eigenvalue weighted by atomic mass is 15.3. The molecule has 1 saturated carbocycles. The lowest BCUT2D eigenvalue weighted by Crippen LogP contribution is -2.54. The maximum atomic E-state index is 6.59. The van der Waals surface area contributed by atoms with Gasteiger partial charge < -0.3 is 10.6 Å². The highest BCUT2D eigenvalue weighted by molar-refractivity contribution is 5.33. The Labute approximate surface area is 128 Å². The summed E-state index contributed by atoms with van der Waals surface area (Å²) in [6.45, 7) is 6.22. The fourth-order valence-electron chi connectivity index (χ4n) is 4.13. The summed E-state index contributed by atoms with van der Waals surface area (Å²) in [4.78, 5) is 5.32. The summed E-state index contributed by atoms with van der Waals surface area (Å²) in [6.07, 6.45) is 5.34. The van der Waals surface area contributed by atoms with Crippen molar-refractivity contribution >= 4 is 0 Å². The first-order valence-electron chi connectivity index (χ1n) is 8.61. The number of benzene rings is 1. The molecule has 2 unspecified atom stereocenters. The van der Waals surface area contributed by atoms with Gasteiger partial charge in [-0.1, -0.05) is 24.3 Å². The molecular weight excluding hydrogens is 258 g/mol. The third kappa shape index (κ3) is 2.87. The van der Waals surface area contributed by atoms with Crippen LogP contribution in [-0.4, -0.2) is 48.6 Å². The van der Waals surface area contributed by atoms with E-state index in [4.69, 9.17) is 5.73 Å². The van der Waals surface area contributed by atoms with E-state index < -0.39 is 0 Å². The highest BCUT2D eigenvalue weighted by Gasteiger charge is 2.33. The van der Waals surface area contributed by atoms with E-state index in [-0.39, 0.29) is 6.04 Å². The van der Waals surface area contributed by atoms with Crippen LogP contribution < -0.4 is 5.73 Å². The molecule has 0 amide bonds. The summed E-state index contributed by atoms with van der Waals surface area (Å²) in [5.74, 6) is 1.01. The number of fused-ring (bicyclic) bond motifs is 1. The normalized spacial score (nSPS) is 31.1. The van der Waals surface area contributed by atoms with E-state index in [9.17, 15) is 0 Å². The van der Waals surface area contributed by atoms with Crippen LogP contribution in [0.15, 0.2) is 24.3 Å². The van der Waals surface area contributed by atoms with Crippen molar-refractivity contribution in [2.75, 3.05) is 32.7 Å². The maximum absolute atomic E-state index is 6.59. The van der Waals surface area contributed by atoms with Gasteiger partial charge in [0.25, 0.3) is 0 Å². The fourth-order valence-corrected chi connectivity index (χ4v) is 4.13. The molecule has 1 heterocycles. The van der Waals surface area contributed by atoms with Crippen molar-refractivity contribution in [3.8, 4) is 0 Å². The van der Waals surface area contributed by atoms with Crippen LogP contribution in [-0.2, 0) is 6.42 Å². The molecule has 3 heteroatoms. The smallest absolute Gasteiger partial charge is 0.0455 e. The van der Waals surface area contributed by atoms with Crippen LogP contribution >= 0.6 is 0 Å². The number of nitrogens with zero attached hydrogens (tertiary/aromatic N) is 2. The van der Waals surface area contributed by atoms with Crippen LogP contribution in [0.5, 0.6) is 0 Å². The molecule has 4 rings (SSSR count). The molecule has 0 aromatic heterocycles. The van der Waals surface area contributed by atoms with Crippen LogP contribution in [0, 0.1) is 5.92 Å². The first-order chi connectivity index (χ1) is 10.3. The third-order valence-electron chi connectivity index (χ3n) is 5.63. The molecule has 3 aliphatic rings. The summed E-state index contributed by atoms with van der Waals surface area (Å²) in [5.41, 5.74) is 9.44.